The van der Waals surface area contributed by atoms with E-state index in [4.69, 9.17) is 0 Å². The summed E-state index contributed by atoms with van der Waals surface area (Å²) in [7, 11) is 0. The molecule has 0 saturated heterocycles. The van der Waals surface area contributed by atoms with Crippen molar-refractivity contribution < 1.29 is 14.4 Å². The molecular weight excluding hydrogens is 354 g/mol. The van der Waals surface area contributed by atoms with Crippen molar-refractivity contribution in [3.05, 3.63) is 17.8 Å². The second-order valence-corrected chi connectivity index (χ2v) is 7.63. The van der Waals surface area contributed by atoms with Crippen molar-refractivity contribution >= 4 is 23.5 Å². The van der Waals surface area contributed by atoms with Crippen LogP contribution in [-0.2, 0) is 4.79 Å². The lowest BCUT2D eigenvalue weighted by molar-refractivity contribution is -0.118. The Bertz CT molecular complexity index is 666. The lowest BCUT2D eigenvalue weighted by Crippen LogP contribution is -2.47. The topological polar surface area (TPSA) is 71.4 Å². The zero-order valence-electron chi connectivity index (χ0n) is 17.5. The van der Waals surface area contributed by atoms with Crippen LogP contribution in [0.4, 0.5) is 5.82 Å². The SMILES string of the molecule is CCCCCCCC(=O)N1CNC(=O)c2ccn(C(=O)CCCCCCC)c21. The standard InChI is InChI=1S/C22H35N3O3/c1-3-5-7-9-11-13-19(26)24-16-15-18-21(28)23-17-25(22(18)24)20(27)14-12-10-8-6-4-2/h15-16H,3-14,17H2,1-2H3,(H,23,28). The fourth-order valence-electron chi connectivity index (χ4n) is 3.62. The number of carbonyl (C=O) groups excluding carboxylic acids is 3. The van der Waals surface area contributed by atoms with Crippen molar-refractivity contribution in [3.63, 3.8) is 0 Å². The average molecular weight is 390 g/mol. The summed E-state index contributed by atoms with van der Waals surface area (Å²) in [5, 5.41) is 2.74. The molecule has 1 aliphatic rings. The Labute approximate surface area is 168 Å². The third kappa shape index (κ3) is 5.94. The molecule has 1 aliphatic heterocycles. The smallest absolute Gasteiger partial charge is 0.256 e. The van der Waals surface area contributed by atoms with Crippen LogP contribution in [0.15, 0.2) is 12.3 Å². The minimum Gasteiger partial charge on any atom is -0.334 e. The maximum Gasteiger partial charge on any atom is 0.256 e. The van der Waals surface area contributed by atoms with Gasteiger partial charge in [0.2, 0.25) is 11.8 Å². The lowest BCUT2D eigenvalue weighted by atomic mass is 10.1. The van der Waals surface area contributed by atoms with Crippen LogP contribution in [-0.4, -0.2) is 29.0 Å². The van der Waals surface area contributed by atoms with E-state index < -0.39 is 0 Å². The van der Waals surface area contributed by atoms with E-state index in [9.17, 15) is 14.4 Å². The molecule has 0 aromatic carbocycles. The van der Waals surface area contributed by atoms with Gasteiger partial charge in [-0.05, 0) is 18.9 Å². The van der Waals surface area contributed by atoms with Gasteiger partial charge in [0.1, 0.15) is 5.82 Å². The monoisotopic (exact) mass is 389 g/mol. The second kappa shape index (κ2) is 11.7. The largest absolute Gasteiger partial charge is 0.334 e. The first-order valence-electron chi connectivity index (χ1n) is 10.9. The molecule has 0 fully saturated rings. The molecule has 6 heteroatoms. The third-order valence-electron chi connectivity index (χ3n) is 5.32. The maximum atomic E-state index is 12.8. The van der Waals surface area contributed by atoms with Crippen LogP contribution in [0.5, 0.6) is 0 Å². The Kier molecular flexibility index (Phi) is 9.24. The van der Waals surface area contributed by atoms with Crippen molar-refractivity contribution in [2.24, 2.45) is 0 Å². The quantitative estimate of drug-likeness (QED) is 0.518. The highest BCUT2D eigenvalue weighted by atomic mass is 16.2. The number of hydrogen-bond acceptors (Lipinski definition) is 3. The predicted molar refractivity (Wildman–Crippen MR) is 112 cm³/mol. The van der Waals surface area contributed by atoms with Crippen molar-refractivity contribution in [1.29, 1.82) is 0 Å². The van der Waals surface area contributed by atoms with E-state index in [1.165, 1.54) is 30.3 Å². The second-order valence-electron chi connectivity index (χ2n) is 7.63. The van der Waals surface area contributed by atoms with Crippen molar-refractivity contribution in [2.75, 3.05) is 11.6 Å². The van der Waals surface area contributed by atoms with Gasteiger partial charge in [-0.25, -0.2) is 0 Å². The predicted octanol–water partition coefficient (Wildman–Crippen LogP) is 4.88. The van der Waals surface area contributed by atoms with Crippen LogP contribution >= 0.6 is 0 Å². The number of unbranched alkanes of at least 4 members (excludes halogenated alkanes) is 8. The Balaban J connectivity index is 2.01. The van der Waals surface area contributed by atoms with E-state index in [2.05, 4.69) is 19.2 Å². The molecule has 1 aromatic rings. The molecule has 1 N–H and O–H groups in total. The number of nitrogens with zero attached hydrogens (tertiary/aromatic N) is 2. The minimum atomic E-state index is -0.225. The number of aromatic nitrogens is 1. The van der Waals surface area contributed by atoms with E-state index in [1.54, 1.807) is 17.2 Å². The van der Waals surface area contributed by atoms with Crippen LogP contribution in [0.2, 0.25) is 0 Å². The first-order valence-corrected chi connectivity index (χ1v) is 10.9. The summed E-state index contributed by atoms with van der Waals surface area (Å²) in [6.07, 6.45) is 13.2. The number of fused-ring (bicyclic) bond motifs is 1. The van der Waals surface area contributed by atoms with Gasteiger partial charge in [-0.15, -0.1) is 0 Å². The fourth-order valence-corrected chi connectivity index (χ4v) is 3.62. The number of carbonyl (C=O) groups is 3. The molecule has 1 aromatic heterocycles. The van der Waals surface area contributed by atoms with Crippen LogP contribution in [0.25, 0.3) is 0 Å². The summed E-state index contributed by atoms with van der Waals surface area (Å²) < 4.78 is 1.50. The maximum absolute atomic E-state index is 12.8. The van der Waals surface area contributed by atoms with Crippen LogP contribution in [0.3, 0.4) is 0 Å². The van der Waals surface area contributed by atoms with E-state index in [-0.39, 0.29) is 24.4 Å². The van der Waals surface area contributed by atoms with Gasteiger partial charge in [-0.3, -0.25) is 23.9 Å². The van der Waals surface area contributed by atoms with E-state index >= 15 is 0 Å². The van der Waals surface area contributed by atoms with Crippen LogP contribution < -0.4 is 10.2 Å². The molecule has 0 saturated carbocycles. The fraction of sp³-hybridized carbons (Fsp3) is 0.682. The van der Waals surface area contributed by atoms with Gasteiger partial charge >= 0.3 is 0 Å². The van der Waals surface area contributed by atoms with Gasteiger partial charge in [-0.1, -0.05) is 65.2 Å². The van der Waals surface area contributed by atoms with Gasteiger partial charge in [0, 0.05) is 19.0 Å². The summed E-state index contributed by atoms with van der Waals surface area (Å²) >= 11 is 0. The molecule has 0 aliphatic carbocycles. The highest BCUT2D eigenvalue weighted by Crippen LogP contribution is 2.27. The molecule has 0 spiro atoms. The first kappa shape index (κ1) is 22.2. The zero-order valence-corrected chi connectivity index (χ0v) is 17.5. The van der Waals surface area contributed by atoms with Gasteiger partial charge in [0.05, 0.1) is 12.2 Å². The number of nitrogens with one attached hydrogen (secondary N) is 1. The average Bonchev–Trinajstić information content (AvgIpc) is 3.14. The van der Waals surface area contributed by atoms with Gasteiger partial charge in [0.25, 0.3) is 5.91 Å². The Morgan fingerprint density at radius 2 is 1.46 bits per heavy atom. The minimum absolute atomic E-state index is 0.0338. The molecule has 0 radical (unpaired) electrons. The van der Waals surface area contributed by atoms with Crippen LogP contribution in [0, 0.1) is 0 Å². The Morgan fingerprint density at radius 1 is 0.893 bits per heavy atom. The van der Waals surface area contributed by atoms with E-state index in [1.807, 2.05) is 0 Å². The number of anilines is 1. The van der Waals surface area contributed by atoms with Gasteiger partial charge in [0.15, 0.2) is 0 Å². The molecule has 2 amide bonds. The third-order valence-corrected chi connectivity index (χ3v) is 5.32. The molecule has 0 bridgehead atoms. The summed E-state index contributed by atoms with van der Waals surface area (Å²) in [5.74, 6) is 0.138. The number of rotatable bonds is 12. The number of amides is 2. The molecule has 0 atom stereocenters. The summed E-state index contributed by atoms with van der Waals surface area (Å²) in [4.78, 5) is 39.2. The van der Waals surface area contributed by atoms with Gasteiger partial charge < -0.3 is 5.32 Å². The highest BCUT2D eigenvalue weighted by Gasteiger charge is 2.31. The molecule has 28 heavy (non-hydrogen) atoms. The van der Waals surface area contributed by atoms with Gasteiger partial charge in [-0.2, -0.15) is 0 Å². The van der Waals surface area contributed by atoms with Crippen LogP contribution in [0.1, 0.15) is 106 Å². The molecule has 2 heterocycles. The van der Waals surface area contributed by atoms with E-state index in [0.717, 1.165) is 38.5 Å². The molecule has 0 unspecified atom stereocenters. The zero-order chi connectivity index (χ0) is 20.4. The number of hydrogen-bond donors (Lipinski definition) is 1. The Morgan fingerprint density at radius 3 is 2.07 bits per heavy atom. The van der Waals surface area contributed by atoms with Crippen molar-refractivity contribution in [2.45, 2.75) is 90.9 Å². The molecule has 6 nitrogen and oxygen atoms in total. The molecular formula is C22H35N3O3. The highest BCUT2D eigenvalue weighted by molar-refractivity contribution is 6.08. The summed E-state index contributed by atoms with van der Waals surface area (Å²) in [6, 6.07) is 1.64. The van der Waals surface area contributed by atoms with E-state index in [0.29, 0.717) is 24.2 Å². The molecule has 2 rings (SSSR count). The summed E-state index contributed by atoms with van der Waals surface area (Å²) in [6.45, 7) is 4.46. The summed E-state index contributed by atoms with van der Waals surface area (Å²) in [5.41, 5.74) is 0.407. The van der Waals surface area contributed by atoms with Crippen molar-refractivity contribution in [1.82, 2.24) is 9.88 Å². The first-order chi connectivity index (χ1) is 13.6. The molecule has 156 valence electrons. The lowest BCUT2D eigenvalue weighted by Gasteiger charge is -2.29. The Hall–Kier alpha value is -2.11. The van der Waals surface area contributed by atoms with Crippen molar-refractivity contribution in [3.8, 4) is 0 Å². The normalized spacial score (nSPS) is 13.4.